The van der Waals surface area contributed by atoms with Gasteiger partial charge in [0.05, 0.1) is 22.7 Å². The quantitative estimate of drug-likeness (QED) is 0.142. The van der Waals surface area contributed by atoms with Gasteiger partial charge >= 0.3 is 0 Å². The summed E-state index contributed by atoms with van der Waals surface area (Å²) < 4.78 is 13.4. The van der Waals surface area contributed by atoms with Crippen molar-refractivity contribution in [3.8, 4) is 22.3 Å². The molecule has 0 aliphatic heterocycles. The highest BCUT2D eigenvalue weighted by Gasteiger charge is 2.25. The van der Waals surface area contributed by atoms with Gasteiger partial charge in [0.1, 0.15) is 22.3 Å². The van der Waals surface area contributed by atoms with Gasteiger partial charge in [0, 0.05) is 54.8 Å². The molecule has 0 bridgehead atoms. The first-order valence-electron chi connectivity index (χ1n) is 27.6. The fourth-order valence-electron chi connectivity index (χ4n) is 13.3. The predicted octanol–water partition coefficient (Wildman–Crippen LogP) is 22.2. The number of anilines is 6. The third-order valence-electron chi connectivity index (χ3n) is 17.0. The molecule has 0 spiro atoms. The Morgan fingerprint density at radius 3 is 1.04 bits per heavy atom. The summed E-state index contributed by atoms with van der Waals surface area (Å²) in [4.78, 5) is 4.96. The Bertz CT molecular complexity index is 4810. The smallest absolute Gasteiger partial charge is 0.143 e. The van der Waals surface area contributed by atoms with Gasteiger partial charge in [-0.05, 0) is 165 Å². The summed E-state index contributed by atoms with van der Waals surface area (Å²) in [5.74, 6) is 0. The number of para-hydroxylation sites is 4. The van der Waals surface area contributed by atoms with E-state index in [1.54, 1.807) is 0 Å². The first-order valence-corrected chi connectivity index (χ1v) is 27.6. The molecule has 4 nitrogen and oxygen atoms in total. The van der Waals surface area contributed by atoms with E-state index in [4.69, 9.17) is 8.83 Å². The van der Waals surface area contributed by atoms with Gasteiger partial charge in [0.2, 0.25) is 0 Å². The van der Waals surface area contributed by atoms with Crippen LogP contribution in [0.25, 0.3) is 120 Å². The van der Waals surface area contributed by atoms with Crippen molar-refractivity contribution in [2.45, 2.75) is 27.7 Å². The summed E-state index contributed by atoms with van der Waals surface area (Å²) in [5.41, 5.74) is 19.6. The first-order chi connectivity index (χ1) is 39.3. The molecule has 0 saturated carbocycles. The monoisotopic (exact) mass is 1020 g/mol. The van der Waals surface area contributed by atoms with E-state index in [0.29, 0.717) is 0 Å². The number of furan rings is 2. The van der Waals surface area contributed by atoms with Crippen molar-refractivity contribution >= 4 is 132 Å². The average molecular weight is 1030 g/mol. The van der Waals surface area contributed by atoms with Gasteiger partial charge in [-0.1, -0.05) is 182 Å². The van der Waals surface area contributed by atoms with E-state index in [1.165, 1.54) is 87.5 Å². The molecule has 0 aliphatic rings. The van der Waals surface area contributed by atoms with Gasteiger partial charge in [-0.3, -0.25) is 0 Å². The Morgan fingerprint density at radius 2 is 0.637 bits per heavy atom. The van der Waals surface area contributed by atoms with Gasteiger partial charge in [0.25, 0.3) is 0 Å². The molecule has 0 saturated heterocycles. The van der Waals surface area contributed by atoms with Crippen molar-refractivity contribution in [3.05, 3.63) is 265 Å². The molecule has 0 aliphatic carbocycles. The molecule has 0 atom stereocenters. The number of hydrogen-bond donors (Lipinski definition) is 0. The van der Waals surface area contributed by atoms with Gasteiger partial charge < -0.3 is 18.6 Å². The Labute approximate surface area is 462 Å². The maximum Gasteiger partial charge on any atom is 0.143 e. The van der Waals surface area contributed by atoms with Crippen LogP contribution in [0.4, 0.5) is 34.1 Å². The maximum atomic E-state index is 6.72. The van der Waals surface area contributed by atoms with Crippen molar-refractivity contribution < 1.29 is 8.83 Å². The number of fused-ring (bicyclic) bond motifs is 8. The fraction of sp³-hybridized carbons (Fsp3) is 0.0526. The minimum Gasteiger partial charge on any atom is -0.455 e. The maximum absolute atomic E-state index is 6.72. The number of hydrogen-bond acceptors (Lipinski definition) is 4. The Morgan fingerprint density at radius 1 is 0.275 bits per heavy atom. The van der Waals surface area contributed by atoms with Gasteiger partial charge in [-0.25, -0.2) is 0 Å². The van der Waals surface area contributed by atoms with Crippen LogP contribution in [-0.2, 0) is 0 Å². The Balaban J connectivity index is 0.838. The van der Waals surface area contributed by atoms with Gasteiger partial charge in [0.15, 0.2) is 0 Å². The van der Waals surface area contributed by atoms with Crippen molar-refractivity contribution in [2.24, 2.45) is 0 Å². The lowest BCUT2D eigenvalue weighted by molar-refractivity contribution is 0.670. The summed E-state index contributed by atoms with van der Waals surface area (Å²) in [6.45, 7) is 8.92. The Hall–Kier alpha value is -10.2. The van der Waals surface area contributed by atoms with E-state index in [2.05, 4.69) is 280 Å². The zero-order valence-electron chi connectivity index (χ0n) is 44.8. The van der Waals surface area contributed by atoms with E-state index in [1.807, 2.05) is 0 Å². The second-order valence-electron chi connectivity index (χ2n) is 21.8. The van der Waals surface area contributed by atoms with Crippen molar-refractivity contribution in [1.29, 1.82) is 0 Å². The molecule has 16 rings (SSSR count). The van der Waals surface area contributed by atoms with Gasteiger partial charge in [-0.2, -0.15) is 0 Å². The van der Waals surface area contributed by atoms with Crippen LogP contribution < -0.4 is 9.80 Å². The van der Waals surface area contributed by atoms with Crippen molar-refractivity contribution in [1.82, 2.24) is 0 Å². The molecule has 2 aromatic heterocycles. The molecule has 0 fully saturated rings. The van der Waals surface area contributed by atoms with E-state index < -0.39 is 0 Å². The molecular weight excluding hydrogens is 973 g/mol. The topological polar surface area (TPSA) is 32.8 Å². The van der Waals surface area contributed by atoms with Crippen LogP contribution in [0.15, 0.2) is 251 Å². The van der Waals surface area contributed by atoms with E-state index >= 15 is 0 Å². The summed E-state index contributed by atoms with van der Waals surface area (Å²) >= 11 is 0. The molecule has 80 heavy (non-hydrogen) atoms. The number of nitrogens with zero attached hydrogens (tertiary/aromatic N) is 2. The highest BCUT2D eigenvalue weighted by atomic mass is 16.3. The molecule has 2 heterocycles. The molecule has 4 heteroatoms. The van der Waals surface area contributed by atoms with Gasteiger partial charge in [-0.15, -0.1) is 0 Å². The van der Waals surface area contributed by atoms with Crippen LogP contribution >= 0.6 is 0 Å². The lowest BCUT2D eigenvalue weighted by atomic mass is 9.91. The summed E-state index contributed by atoms with van der Waals surface area (Å²) in [6, 6.07) is 88.8. The Kier molecular flexibility index (Phi) is 10.2. The highest BCUT2D eigenvalue weighted by molar-refractivity contribution is 6.28. The third kappa shape index (κ3) is 7.02. The van der Waals surface area contributed by atoms with Crippen molar-refractivity contribution in [2.75, 3.05) is 9.80 Å². The molecular formula is C76H52N2O2. The largest absolute Gasteiger partial charge is 0.455 e. The normalized spacial score (nSPS) is 12.0. The number of aryl methyl sites for hydroxylation is 4. The number of benzene rings is 14. The van der Waals surface area contributed by atoms with Crippen LogP contribution in [0.1, 0.15) is 22.3 Å². The van der Waals surface area contributed by atoms with Crippen LogP contribution in [0.3, 0.4) is 0 Å². The van der Waals surface area contributed by atoms with Crippen LogP contribution in [0, 0.1) is 27.7 Å². The molecule has 16 aromatic rings. The molecule has 378 valence electrons. The van der Waals surface area contributed by atoms with Crippen molar-refractivity contribution in [3.63, 3.8) is 0 Å². The second-order valence-corrected chi connectivity index (χ2v) is 21.8. The molecule has 0 N–H and O–H groups in total. The standard InChI is InChI=1S/C76H52N2O2/c1-45-13-9-14-46(2)73(45)77(57-33-25-49(26-34-57)59-21-11-23-61-65-41-53-17-5-7-19-55(53)43-69(65)79-75(59)61)67-39-31-51-30-38-64-68(40-32-52-29-37-63(67)71(51)72(52)64)78(74-47(3)15-10-16-48(74)4)58-35-27-50(28-36-58)60-22-12-24-62-66-42-54-18-6-8-20-56(54)44-70(66)80-76(60)62/h5-44H,1-4H3. The lowest BCUT2D eigenvalue weighted by Gasteiger charge is -2.32. The zero-order valence-corrected chi connectivity index (χ0v) is 44.8. The molecule has 0 amide bonds. The molecule has 14 aromatic carbocycles. The lowest BCUT2D eigenvalue weighted by Crippen LogP contribution is -2.14. The first kappa shape index (κ1) is 46.0. The summed E-state index contributed by atoms with van der Waals surface area (Å²) in [5, 5.41) is 16.6. The van der Waals surface area contributed by atoms with E-state index in [0.717, 1.165) is 88.9 Å². The highest BCUT2D eigenvalue weighted by Crippen LogP contribution is 2.50. The number of rotatable bonds is 8. The van der Waals surface area contributed by atoms with E-state index in [-0.39, 0.29) is 0 Å². The van der Waals surface area contributed by atoms with Crippen LogP contribution in [0.2, 0.25) is 0 Å². The predicted molar refractivity (Wildman–Crippen MR) is 339 cm³/mol. The zero-order chi connectivity index (χ0) is 53.3. The summed E-state index contributed by atoms with van der Waals surface area (Å²) in [6.07, 6.45) is 0. The minimum atomic E-state index is 0.903. The average Bonchev–Trinajstić information content (AvgIpc) is 4.18. The van der Waals surface area contributed by atoms with E-state index in [9.17, 15) is 0 Å². The van der Waals surface area contributed by atoms with Crippen LogP contribution in [0.5, 0.6) is 0 Å². The fourth-order valence-corrected chi connectivity index (χ4v) is 13.3. The third-order valence-corrected chi connectivity index (χ3v) is 17.0. The SMILES string of the molecule is Cc1cccc(C)c1N(c1ccc(-c2cccc3c2oc2cc4ccccc4cc23)cc1)c1ccc2ccc3c(N(c4ccc(-c5cccc6c5oc5cc7ccccc7cc56)cc4)c4c(C)cccc4C)ccc4ccc1c2c43. The molecule has 0 unspecified atom stereocenters. The second kappa shape index (κ2) is 17.7. The van der Waals surface area contributed by atoms with Crippen LogP contribution in [-0.4, -0.2) is 0 Å². The molecule has 0 radical (unpaired) electrons. The minimum absolute atomic E-state index is 0.903. The summed E-state index contributed by atoms with van der Waals surface area (Å²) in [7, 11) is 0.